The van der Waals surface area contributed by atoms with E-state index in [1.165, 1.54) is 0 Å². The van der Waals surface area contributed by atoms with Crippen molar-refractivity contribution >= 4 is 0 Å². The zero-order valence-electron chi connectivity index (χ0n) is 7.04. The molecule has 0 radical (unpaired) electrons. The molecule has 1 aliphatic rings. The highest BCUT2D eigenvalue weighted by Crippen LogP contribution is 2.14. The minimum atomic E-state index is -1.25. The lowest BCUT2D eigenvalue weighted by atomic mass is 10.0. The van der Waals surface area contributed by atoms with E-state index in [1.54, 1.807) is 0 Å². The molecule has 0 aromatic carbocycles. The van der Waals surface area contributed by atoms with E-state index in [0.29, 0.717) is 0 Å². The van der Waals surface area contributed by atoms with Gasteiger partial charge in [-0.15, -0.1) is 0 Å². The molecule has 0 aromatic heterocycles. The normalized spacial score (nSPS) is 41.5. The van der Waals surface area contributed by atoms with Crippen LogP contribution >= 0.6 is 0 Å². The van der Waals surface area contributed by atoms with Crippen molar-refractivity contribution in [1.29, 1.82) is 0 Å². The van der Waals surface area contributed by atoms with Crippen LogP contribution in [0.15, 0.2) is 0 Å². The van der Waals surface area contributed by atoms with Crippen LogP contribution in [0.4, 0.5) is 0 Å². The highest BCUT2D eigenvalue weighted by atomic mass is 16.7. The van der Waals surface area contributed by atoms with Crippen molar-refractivity contribution in [3.63, 3.8) is 0 Å². The van der Waals surface area contributed by atoms with Gasteiger partial charge in [0.1, 0.15) is 31.2 Å². The van der Waals surface area contributed by atoms with Crippen LogP contribution in [0.5, 0.6) is 0 Å². The Morgan fingerprint density at radius 3 is 1.62 bits per heavy atom. The molecule has 1 aliphatic heterocycles. The number of ether oxygens (including phenoxy) is 2. The van der Waals surface area contributed by atoms with Gasteiger partial charge in [0.05, 0.1) is 13.2 Å². The third-order valence-electron chi connectivity index (χ3n) is 2.04. The molecule has 6 nitrogen and oxygen atoms in total. The molecule has 0 spiro atoms. The first kappa shape index (κ1) is 10.8. The number of hydrogen-bond donors (Lipinski definition) is 4. The van der Waals surface area contributed by atoms with Gasteiger partial charge < -0.3 is 29.9 Å². The van der Waals surface area contributed by atoms with Crippen LogP contribution in [0.3, 0.4) is 0 Å². The first-order chi connectivity index (χ1) is 6.20. The van der Waals surface area contributed by atoms with Crippen molar-refractivity contribution in [3.8, 4) is 0 Å². The van der Waals surface area contributed by atoms with Gasteiger partial charge in [-0.2, -0.15) is 0 Å². The summed E-state index contributed by atoms with van der Waals surface area (Å²) in [4.78, 5) is 0. The molecule has 1 heterocycles. The van der Waals surface area contributed by atoms with E-state index in [1.807, 2.05) is 0 Å². The minimum Gasteiger partial charge on any atom is -0.394 e. The molecule has 78 valence electrons. The van der Waals surface area contributed by atoms with Gasteiger partial charge in [0.2, 0.25) is 0 Å². The SMILES string of the molecule is OC[C@@H]1OCO[C@H](CO)[C@@H](O)[C@@H]1O. The Labute approximate surface area is 75.3 Å². The van der Waals surface area contributed by atoms with Crippen LogP contribution in [0.2, 0.25) is 0 Å². The summed E-state index contributed by atoms with van der Waals surface area (Å²) < 4.78 is 9.75. The Morgan fingerprint density at radius 2 is 1.31 bits per heavy atom. The van der Waals surface area contributed by atoms with Gasteiger partial charge in [0.25, 0.3) is 0 Å². The van der Waals surface area contributed by atoms with E-state index in [2.05, 4.69) is 0 Å². The maximum atomic E-state index is 9.39. The zero-order chi connectivity index (χ0) is 9.84. The van der Waals surface area contributed by atoms with E-state index in [-0.39, 0.29) is 6.79 Å². The lowest BCUT2D eigenvalue weighted by Gasteiger charge is -2.23. The van der Waals surface area contributed by atoms with E-state index in [0.717, 1.165) is 0 Å². The Hall–Kier alpha value is -0.240. The van der Waals surface area contributed by atoms with E-state index < -0.39 is 37.6 Å². The molecule has 1 fully saturated rings. The van der Waals surface area contributed by atoms with E-state index >= 15 is 0 Å². The van der Waals surface area contributed by atoms with Crippen LogP contribution in [-0.2, 0) is 9.47 Å². The molecule has 0 aliphatic carbocycles. The molecule has 1 rings (SSSR count). The van der Waals surface area contributed by atoms with Gasteiger partial charge in [-0.05, 0) is 0 Å². The molecular formula is C7H14O6. The molecule has 13 heavy (non-hydrogen) atoms. The van der Waals surface area contributed by atoms with Crippen molar-refractivity contribution in [2.24, 2.45) is 0 Å². The standard InChI is InChI=1S/C7H14O6/c8-1-4-6(10)7(11)5(2-9)13-3-12-4/h4-11H,1-3H2/t4-,5+,6-,7-/m1/s1. The van der Waals surface area contributed by atoms with E-state index in [4.69, 9.17) is 19.7 Å². The Bertz CT molecular complexity index is 136. The lowest BCUT2D eigenvalue weighted by Crippen LogP contribution is -2.45. The van der Waals surface area contributed by atoms with Crippen LogP contribution in [0.1, 0.15) is 0 Å². The highest BCUT2D eigenvalue weighted by molar-refractivity contribution is 4.83. The van der Waals surface area contributed by atoms with Gasteiger partial charge >= 0.3 is 0 Å². The number of rotatable bonds is 2. The van der Waals surface area contributed by atoms with Crippen LogP contribution in [0, 0.1) is 0 Å². The van der Waals surface area contributed by atoms with Gasteiger partial charge in [0, 0.05) is 0 Å². The largest absolute Gasteiger partial charge is 0.394 e. The smallest absolute Gasteiger partial charge is 0.147 e. The van der Waals surface area contributed by atoms with Crippen molar-refractivity contribution in [2.45, 2.75) is 24.4 Å². The predicted molar refractivity (Wildman–Crippen MR) is 40.8 cm³/mol. The average molecular weight is 194 g/mol. The van der Waals surface area contributed by atoms with Crippen molar-refractivity contribution < 1.29 is 29.9 Å². The fourth-order valence-electron chi connectivity index (χ4n) is 1.17. The lowest BCUT2D eigenvalue weighted by molar-refractivity contribution is -0.123. The summed E-state index contributed by atoms with van der Waals surface area (Å²) in [5.74, 6) is 0. The quantitative estimate of drug-likeness (QED) is 0.386. The van der Waals surface area contributed by atoms with Crippen LogP contribution in [0.25, 0.3) is 0 Å². The fraction of sp³-hybridized carbons (Fsp3) is 1.00. The molecule has 0 unspecified atom stereocenters. The van der Waals surface area contributed by atoms with Gasteiger partial charge in [-0.3, -0.25) is 0 Å². The second kappa shape index (κ2) is 4.85. The van der Waals surface area contributed by atoms with Crippen LogP contribution < -0.4 is 0 Å². The molecule has 0 bridgehead atoms. The summed E-state index contributed by atoms with van der Waals surface area (Å²) >= 11 is 0. The molecular weight excluding hydrogens is 180 g/mol. The topological polar surface area (TPSA) is 99.4 Å². The van der Waals surface area contributed by atoms with Crippen molar-refractivity contribution in [3.05, 3.63) is 0 Å². The first-order valence-corrected chi connectivity index (χ1v) is 4.01. The maximum Gasteiger partial charge on any atom is 0.147 e. The molecule has 4 N–H and O–H groups in total. The van der Waals surface area contributed by atoms with Gasteiger partial charge in [-0.25, -0.2) is 0 Å². The average Bonchev–Trinajstić information content (AvgIpc) is 2.28. The first-order valence-electron chi connectivity index (χ1n) is 4.01. The Kier molecular flexibility index (Phi) is 4.04. The number of hydrogen-bond acceptors (Lipinski definition) is 6. The maximum absolute atomic E-state index is 9.39. The summed E-state index contributed by atoms with van der Waals surface area (Å²) in [6, 6.07) is 0. The Balaban J connectivity index is 2.61. The molecule has 0 aromatic rings. The second-order valence-corrected chi connectivity index (χ2v) is 2.87. The van der Waals surface area contributed by atoms with Gasteiger partial charge in [-0.1, -0.05) is 0 Å². The summed E-state index contributed by atoms with van der Waals surface area (Å²) in [6.07, 6.45) is -4.23. The predicted octanol–water partition coefficient (Wildman–Crippen LogP) is -2.57. The van der Waals surface area contributed by atoms with Crippen molar-refractivity contribution in [2.75, 3.05) is 20.0 Å². The van der Waals surface area contributed by atoms with Crippen molar-refractivity contribution in [1.82, 2.24) is 0 Å². The Morgan fingerprint density at radius 1 is 0.923 bits per heavy atom. The highest BCUT2D eigenvalue weighted by Gasteiger charge is 2.35. The summed E-state index contributed by atoms with van der Waals surface area (Å²) in [7, 11) is 0. The third-order valence-corrected chi connectivity index (χ3v) is 2.04. The van der Waals surface area contributed by atoms with Gasteiger partial charge in [0.15, 0.2) is 0 Å². The zero-order valence-corrected chi connectivity index (χ0v) is 7.04. The molecule has 0 amide bonds. The molecule has 6 heteroatoms. The monoisotopic (exact) mass is 194 g/mol. The summed E-state index contributed by atoms with van der Waals surface area (Å²) in [5.41, 5.74) is 0. The summed E-state index contributed by atoms with van der Waals surface area (Å²) in [5, 5.41) is 36.3. The fourth-order valence-corrected chi connectivity index (χ4v) is 1.17. The van der Waals surface area contributed by atoms with E-state index in [9.17, 15) is 10.2 Å². The third kappa shape index (κ3) is 2.37. The summed E-state index contributed by atoms with van der Waals surface area (Å²) in [6.45, 7) is -0.968. The molecule has 0 saturated carbocycles. The number of aliphatic hydroxyl groups is 4. The molecule has 4 atom stereocenters. The second-order valence-electron chi connectivity index (χ2n) is 2.87. The number of aliphatic hydroxyl groups excluding tert-OH is 4. The van der Waals surface area contributed by atoms with Crippen LogP contribution in [-0.4, -0.2) is 64.8 Å². The minimum absolute atomic E-state index is 0.162. The molecule has 1 saturated heterocycles.